The normalized spacial score (nSPS) is 18.2. The lowest BCUT2D eigenvalue weighted by molar-refractivity contribution is -0.127. The Bertz CT molecular complexity index is 1270. The smallest absolute Gasteiger partial charge is 0.226 e. The van der Waals surface area contributed by atoms with E-state index in [1.165, 1.54) is 16.7 Å². The molecule has 1 amide bonds. The highest BCUT2D eigenvalue weighted by atomic mass is 16.5. The van der Waals surface area contributed by atoms with Crippen LogP contribution in [-0.2, 0) is 17.9 Å². The number of hydrogen-bond donors (Lipinski definition) is 2. The summed E-state index contributed by atoms with van der Waals surface area (Å²) in [5, 5.41) is 5.62. The number of benzene rings is 2. The molecular weight excluding hydrogens is 478 g/mol. The molecule has 3 aliphatic heterocycles. The van der Waals surface area contributed by atoms with E-state index in [9.17, 15) is 4.79 Å². The van der Waals surface area contributed by atoms with E-state index < -0.39 is 0 Å². The Morgan fingerprint density at radius 1 is 0.974 bits per heavy atom. The fourth-order valence-electron chi connectivity index (χ4n) is 5.60. The van der Waals surface area contributed by atoms with Gasteiger partial charge in [0.15, 0.2) is 5.82 Å². The van der Waals surface area contributed by atoms with Crippen molar-refractivity contribution in [3.05, 3.63) is 71.3 Å². The summed E-state index contributed by atoms with van der Waals surface area (Å²) in [5.41, 5.74) is 7.32. The standard InChI is InChI=1S/C29H35N7O2/c1-38-23-12-10-22(11-13-23)19-35-18-14-24-26-27(35)31-29(30-15-6-17-34-16-5-9-25(34)37)32-28(26)36(33-24)20-21-7-3-2-4-8-21/h2-4,7-8,10-13,24,33H,5-6,9,14-20H2,1H3,(H,30,31,32). The largest absolute Gasteiger partial charge is 0.497 e. The second-order valence-electron chi connectivity index (χ2n) is 10.2. The number of amides is 1. The van der Waals surface area contributed by atoms with Crippen LogP contribution in [-0.4, -0.2) is 54.1 Å². The van der Waals surface area contributed by atoms with E-state index in [4.69, 9.17) is 14.7 Å². The fraction of sp³-hybridized carbons (Fsp3) is 0.414. The van der Waals surface area contributed by atoms with Gasteiger partial charge in [0.05, 0.1) is 25.3 Å². The van der Waals surface area contributed by atoms with Crippen molar-refractivity contribution in [1.29, 1.82) is 0 Å². The van der Waals surface area contributed by atoms with Crippen LogP contribution in [0.3, 0.4) is 0 Å². The van der Waals surface area contributed by atoms with Crippen LogP contribution < -0.4 is 25.4 Å². The van der Waals surface area contributed by atoms with Gasteiger partial charge in [-0.15, -0.1) is 0 Å². The van der Waals surface area contributed by atoms with Gasteiger partial charge in [0.25, 0.3) is 0 Å². The molecule has 3 aromatic rings. The SMILES string of the molecule is COc1ccc(CN2CCC3NN(Cc4ccccc4)c4nc(NCCCN5CCCC5=O)nc2c43)cc1. The Kier molecular flexibility index (Phi) is 7.00. The molecule has 1 atom stereocenters. The molecule has 9 heteroatoms. The summed E-state index contributed by atoms with van der Waals surface area (Å²) in [6.07, 6.45) is 3.51. The molecule has 1 saturated heterocycles. The van der Waals surface area contributed by atoms with Gasteiger partial charge in [0.1, 0.15) is 11.6 Å². The number of nitrogens with one attached hydrogen (secondary N) is 2. The van der Waals surface area contributed by atoms with Crippen molar-refractivity contribution in [1.82, 2.24) is 20.3 Å². The van der Waals surface area contributed by atoms with E-state index in [0.717, 1.165) is 75.9 Å². The van der Waals surface area contributed by atoms with Crippen molar-refractivity contribution in [2.45, 2.75) is 44.8 Å². The van der Waals surface area contributed by atoms with Crippen molar-refractivity contribution in [3.63, 3.8) is 0 Å². The quantitative estimate of drug-likeness (QED) is 0.395. The summed E-state index contributed by atoms with van der Waals surface area (Å²) in [6.45, 7) is 4.78. The van der Waals surface area contributed by atoms with Crippen LogP contribution in [0.25, 0.3) is 0 Å². The van der Waals surface area contributed by atoms with Crippen LogP contribution in [0.4, 0.5) is 17.6 Å². The molecule has 6 rings (SSSR count). The summed E-state index contributed by atoms with van der Waals surface area (Å²) in [4.78, 5) is 26.3. The number of carbonyl (C=O) groups excluding carboxylic acids is 1. The van der Waals surface area contributed by atoms with E-state index in [2.05, 4.69) is 57.0 Å². The Morgan fingerprint density at radius 3 is 2.53 bits per heavy atom. The predicted molar refractivity (Wildman–Crippen MR) is 148 cm³/mol. The number of carbonyl (C=O) groups is 1. The van der Waals surface area contributed by atoms with Crippen LogP contribution in [0.1, 0.15) is 48.4 Å². The second-order valence-corrected chi connectivity index (χ2v) is 10.2. The number of rotatable bonds is 10. The summed E-state index contributed by atoms with van der Waals surface area (Å²) in [5.74, 6) is 3.70. The zero-order valence-electron chi connectivity index (χ0n) is 21.9. The first-order valence-corrected chi connectivity index (χ1v) is 13.6. The molecule has 38 heavy (non-hydrogen) atoms. The number of hydrogen-bond acceptors (Lipinski definition) is 8. The third-order valence-corrected chi connectivity index (χ3v) is 7.58. The number of ether oxygens (including phenoxy) is 1. The third kappa shape index (κ3) is 5.11. The Hall–Kier alpha value is -3.85. The van der Waals surface area contributed by atoms with Crippen molar-refractivity contribution >= 4 is 23.5 Å². The maximum atomic E-state index is 12.0. The van der Waals surface area contributed by atoms with E-state index in [0.29, 0.717) is 12.4 Å². The number of nitrogens with zero attached hydrogens (tertiary/aromatic N) is 5. The van der Waals surface area contributed by atoms with E-state index in [-0.39, 0.29) is 11.9 Å². The van der Waals surface area contributed by atoms with Crippen LogP contribution >= 0.6 is 0 Å². The average molecular weight is 514 g/mol. The lowest BCUT2D eigenvalue weighted by Gasteiger charge is -2.32. The minimum absolute atomic E-state index is 0.200. The lowest BCUT2D eigenvalue weighted by Crippen LogP contribution is -2.37. The minimum atomic E-state index is 0.200. The van der Waals surface area contributed by atoms with Gasteiger partial charge in [-0.05, 0) is 42.5 Å². The lowest BCUT2D eigenvalue weighted by atomic mass is 10.0. The molecule has 198 valence electrons. The van der Waals surface area contributed by atoms with E-state index in [1.807, 2.05) is 23.1 Å². The minimum Gasteiger partial charge on any atom is -0.497 e. The van der Waals surface area contributed by atoms with Gasteiger partial charge in [-0.3, -0.25) is 9.80 Å². The summed E-state index contributed by atoms with van der Waals surface area (Å²) < 4.78 is 5.34. The molecule has 1 fully saturated rings. The first kappa shape index (κ1) is 24.5. The maximum Gasteiger partial charge on any atom is 0.226 e. The molecule has 0 spiro atoms. The molecule has 9 nitrogen and oxygen atoms in total. The van der Waals surface area contributed by atoms with Gasteiger partial charge in [-0.2, -0.15) is 9.97 Å². The topological polar surface area (TPSA) is 85.9 Å². The van der Waals surface area contributed by atoms with Crippen LogP contribution in [0, 0.1) is 0 Å². The van der Waals surface area contributed by atoms with E-state index >= 15 is 0 Å². The van der Waals surface area contributed by atoms with E-state index in [1.54, 1.807) is 7.11 Å². The molecule has 3 aliphatic rings. The van der Waals surface area contributed by atoms with Gasteiger partial charge in [0.2, 0.25) is 11.9 Å². The highest BCUT2D eigenvalue weighted by Gasteiger charge is 2.38. The second kappa shape index (κ2) is 10.9. The van der Waals surface area contributed by atoms with Crippen molar-refractivity contribution < 1.29 is 9.53 Å². The molecule has 1 aromatic heterocycles. The molecule has 0 saturated carbocycles. The van der Waals surface area contributed by atoms with Crippen molar-refractivity contribution in [2.24, 2.45) is 0 Å². The molecule has 4 heterocycles. The van der Waals surface area contributed by atoms with Gasteiger partial charge in [-0.1, -0.05) is 42.5 Å². The summed E-state index contributed by atoms with van der Waals surface area (Å²) in [6, 6.07) is 18.9. The molecule has 0 aliphatic carbocycles. The van der Waals surface area contributed by atoms with Crippen molar-refractivity contribution in [2.75, 3.05) is 48.5 Å². The summed E-state index contributed by atoms with van der Waals surface area (Å²) >= 11 is 0. The fourth-order valence-corrected chi connectivity index (χ4v) is 5.60. The van der Waals surface area contributed by atoms with Crippen LogP contribution in [0.15, 0.2) is 54.6 Å². The zero-order valence-corrected chi connectivity index (χ0v) is 21.9. The number of methoxy groups -OCH3 is 1. The molecule has 0 radical (unpaired) electrons. The molecule has 2 aromatic carbocycles. The van der Waals surface area contributed by atoms with Gasteiger partial charge >= 0.3 is 0 Å². The maximum absolute atomic E-state index is 12.0. The van der Waals surface area contributed by atoms with Crippen molar-refractivity contribution in [3.8, 4) is 5.75 Å². The van der Waals surface area contributed by atoms with Gasteiger partial charge < -0.3 is 19.9 Å². The van der Waals surface area contributed by atoms with Crippen LogP contribution in [0.5, 0.6) is 5.75 Å². The Morgan fingerprint density at radius 2 is 1.76 bits per heavy atom. The zero-order chi connectivity index (χ0) is 25.9. The first-order chi connectivity index (χ1) is 18.7. The Labute approximate surface area is 223 Å². The number of likely N-dealkylation sites (tertiary alicyclic amines) is 1. The molecule has 0 bridgehead atoms. The number of aromatic nitrogens is 2. The monoisotopic (exact) mass is 513 g/mol. The van der Waals surface area contributed by atoms with Crippen LogP contribution in [0.2, 0.25) is 0 Å². The third-order valence-electron chi connectivity index (χ3n) is 7.58. The number of anilines is 3. The average Bonchev–Trinajstić information content (AvgIpc) is 3.52. The first-order valence-electron chi connectivity index (χ1n) is 13.6. The molecule has 1 unspecified atom stereocenters. The highest BCUT2D eigenvalue weighted by Crippen LogP contribution is 2.44. The predicted octanol–water partition coefficient (Wildman–Crippen LogP) is 3.89. The highest BCUT2D eigenvalue weighted by molar-refractivity contribution is 5.78. The summed E-state index contributed by atoms with van der Waals surface area (Å²) in [7, 11) is 1.69. The number of hydrazine groups is 1. The van der Waals surface area contributed by atoms with Gasteiger partial charge in [-0.25, -0.2) is 5.43 Å². The Balaban J connectivity index is 1.24. The molecular formula is C29H35N7O2. The molecule has 2 N–H and O–H groups in total. The van der Waals surface area contributed by atoms with Gasteiger partial charge in [0, 0.05) is 39.1 Å².